The largest absolute Gasteiger partial charge is 0.507 e. The SMILES string of the molecule is Oc1cc2[nH]nc(C3CCCC3)c2cc1-c1nnc(O)n1-c1ccc(N2CCOCC2)cc1. The number of hydrogen-bond acceptors (Lipinski definition) is 7. The predicted octanol–water partition coefficient (Wildman–Crippen LogP) is 3.72. The second kappa shape index (κ2) is 8.08. The number of aromatic hydroxyl groups is 2. The monoisotopic (exact) mass is 446 g/mol. The van der Waals surface area contributed by atoms with Gasteiger partial charge in [-0.15, -0.1) is 5.10 Å². The second-order valence-electron chi connectivity index (χ2n) is 8.78. The van der Waals surface area contributed by atoms with Crippen molar-refractivity contribution in [1.29, 1.82) is 0 Å². The standard InChI is InChI=1S/C24H26N6O3/c31-21-14-20-18(22(26-25-20)15-3-1-2-4-15)13-19(21)23-27-28-24(32)30(23)17-7-5-16(6-8-17)29-9-11-33-12-10-29/h5-8,13-15,31H,1-4,9-12H2,(H,25,26)(H,28,32). The fourth-order valence-electron chi connectivity index (χ4n) is 5.09. The summed E-state index contributed by atoms with van der Waals surface area (Å²) in [6, 6.07) is 11.2. The minimum Gasteiger partial charge on any atom is -0.507 e. The van der Waals surface area contributed by atoms with Crippen molar-refractivity contribution in [2.45, 2.75) is 31.6 Å². The second-order valence-corrected chi connectivity index (χ2v) is 8.78. The molecule has 0 amide bonds. The van der Waals surface area contributed by atoms with Crippen molar-refractivity contribution < 1.29 is 14.9 Å². The van der Waals surface area contributed by atoms with Crippen LogP contribution in [0.5, 0.6) is 11.8 Å². The van der Waals surface area contributed by atoms with E-state index in [1.54, 1.807) is 10.6 Å². The van der Waals surface area contributed by atoms with Gasteiger partial charge in [0.05, 0.1) is 35.7 Å². The molecule has 1 saturated heterocycles. The van der Waals surface area contributed by atoms with Gasteiger partial charge in [-0.05, 0) is 43.2 Å². The van der Waals surface area contributed by atoms with Gasteiger partial charge in [0.15, 0.2) is 5.82 Å². The van der Waals surface area contributed by atoms with Crippen molar-refractivity contribution in [2.75, 3.05) is 31.2 Å². The molecule has 33 heavy (non-hydrogen) atoms. The van der Waals surface area contributed by atoms with Crippen molar-refractivity contribution in [2.24, 2.45) is 0 Å². The van der Waals surface area contributed by atoms with Crippen LogP contribution in [0.25, 0.3) is 28.0 Å². The van der Waals surface area contributed by atoms with Gasteiger partial charge in [0.2, 0.25) is 0 Å². The number of H-pyrrole nitrogens is 1. The van der Waals surface area contributed by atoms with E-state index in [9.17, 15) is 10.2 Å². The first-order valence-electron chi connectivity index (χ1n) is 11.5. The topological polar surface area (TPSA) is 112 Å². The molecular formula is C24H26N6O3. The van der Waals surface area contributed by atoms with Crippen LogP contribution in [-0.2, 0) is 4.74 Å². The predicted molar refractivity (Wildman–Crippen MR) is 124 cm³/mol. The molecule has 1 aliphatic heterocycles. The molecule has 2 fully saturated rings. The maximum absolute atomic E-state index is 10.8. The normalized spacial score (nSPS) is 17.3. The first kappa shape index (κ1) is 20.0. The van der Waals surface area contributed by atoms with Gasteiger partial charge in [0.1, 0.15) is 5.75 Å². The van der Waals surface area contributed by atoms with Crippen LogP contribution < -0.4 is 4.90 Å². The van der Waals surface area contributed by atoms with E-state index in [0.717, 1.165) is 61.4 Å². The Balaban J connectivity index is 1.40. The van der Waals surface area contributed by atoms with E-state index in [-0.39, 0.29) is 11.8 Å². The zero-order chi connectivity index (χ0) is 22.4. The van der Waals surface area contributed by atoms with Crippen LogP contribution in [0, 0.1) is 0 Å². The van der Waals surface area contributed by atoms with Crippen LogP contribution in [0.2, 0.25) is 0 Å². The summed E-state index contributed by atoms with van der Waals surface area (Å²) in [5, 5.41) is 38.0. The number of benzene rings is 2. The van der Waals surface area contributed by atoms with Crippen molar-refractivity contribution in [3.05, 3.63) is 42.1 Å². The maximum atomic E-state index is 10.8. The highest BCUT2D eigenvalue weighted by atomic mass is 16.5. The van der Waals surface area contributed by atoms with E-state index in [2.05, 4.69) is 25.3 Å². The van der Waals surface area contributed by atoms with Crippen LogP contribution in [0.15, 0.2) is 36.4 Å². The Morgan fingerprint density at radius 3 is 2.42 bits per heavy atom. The van der Waals surface area contributed by atoms with Crippen molar-refractivity contribution in [3.63, 3.8) is 0 Å². The first-order chi connectivity index (χ1) is 16.2. The summed E-state index contributed by atoms with van der Waals surface area (Å²) in [5.41, 5.74) is 4.15. The van der Waals surface area contributed by atoms with Crippen LogP contribution in [0.3, 0.4) is 0 Å². The molecule has 3 N–H and O–H groups in total. The first-order valence-corrected chi connectivity index (χ1v) is 11.5. The van der Waals surface area contributed by atoms with E-state index in [4.69, 9.17) is 4.74 Å². The van der Waals surface area contributed by atoms with E-state index in [0.29, 0.717) is 23.0 Å². The lowest BCUT2D eigenvalue weighted by atomic mass is 9.99. The van der Waals surface area contributed by atoms with Crippen LogP contribution in [-0.4, -0.2) is 61.5 Å². The van der Waals surface area contributed by atoms with E-state index in [1.165, 1.54) is 12.8 Å². The molecule has 0 radical (unpaired) electrons. The van der Waals surface area contributed by atoms with Gasteiger partial charge in [-0.1, -0.05) is 17.9 Å². The molecule has 1 aliphatic carbocycles. The molecule has 2 aromatic heterocycles. The Labute approximate surface area is 190 Å². The lowest BCUT2D eigenvalue weighted by molar-refractivity contribution is 0.122. The molecule has 6 rings (SSSR count). The number of fused-ring (bicyclic) bond motifs is 1. The third-order valence-electron chi connectivity index (χ3n) is 6.82. The Morgan fingerprint density at radius 1 is 0.939 bits per heavy atom. The minimum atomic E-state index is -0.230. The molecule has 0 spiro atoms. The number of ether oxygens (including phenoxy) is 1. The summed E-state index contributed by atoms with van der Waals surface area (Å²) in [6.45, 7) is 3.14. The number of phenols is 1. The van der Waals surface area contributed by atoms with E-state index < -0.39 is 0 Å². The summed E-state index contributed by atoms with van der Waals surface area (Å²) in [7, 11) is 0. The molecule has 0 atom stereocenters. The average Bonchev–Trinajstić information content (AvgIpc) is 3.59. The Kier molecular flexibility index (Phi) is 4.91. The third kappa shape index (κ3) is 3.48. The zero-order valence-electron chi connectivity index (χ0n) is 18.2. The van der Waals surface area contributed by atoms with Gasteiger partial charge in [0, 0.05) is 36.1 Å². The molecule has 2 aromatic carbocycles. The van der Waals surface area contributed by atoms with Crippen LogP contribution in [0.1, 0.15) is 37.3 Å². The fourth-order valence-corrected chi connectivity index (χ4v) is 5.09. The quantitative estimate of drug-likeness (QED) is 0.438. The Hall–Kier alpha value is -3.59. The van der Waals surface area contributed by atoms with Crippen LogP contribution in [0.4, 0.5) is 5.69 Å². The molecule has 0 unspecified atom stereocenters. The molecule has 1 saturated carbocycles. The summed E-state index contributed by atoms with van der Waals surface area (Å²) in [4.78, 5) is 2.27. The number of nitrogens with zero attached hydrogens (tertiary/aromatic N) is 5. The van der Waals surface area contributed by atoms with Gasteiger partial charge in [-0.2, -0.15) is 5.10 Å². The molecule has 2 aliphatic rings. The molecule has 9 heteroatoms. The van der Waals surface area contributed by atoms with Gasteiger partial charge < -0.3 is 19.8 Å². The number of rotatable bonds is 4. The van der Waals surface area contributed by atoms with Crippen molar-refractivity contribution >= 4 is 16.6 Å². The molecule has 0 bridgehead atoms. The smallest absolute Gasteiger partial charge is 0.319 e. The summed E-state index contributed by atoms with van der Waals surface area (Å²) in [5.74, 6) is 0.863. The summed E-state index contributed by atoms with van der Waals surface area (Å²) >= 11 is 0. The van der Waals surface area contributed by atoms with Gasteiger partial charge >= 0.3 is 6.01 Å². The van der Waals surface area contributed by atoms with E-state index >= 15 is 0 Å². The number of nitrogens with one attached hydrogen (secondary N) is 1. The van der Waals surface area contributed by atoms with Crippen LogP contribution >= 0.6 is 0 Å². The number of aromatic amines is 1. The number of aromatic nitrogens is 5. The van der Waals surface area contributed by atoms with E-state index in [1.807, 2.05) is 30.3 Å². The van der Waals surface area contributed by atoms with Gasteiger partial charge in [-0.3, -0.25) is 5.10 Å². The molecule has 9 nitrogen and oxygen atoms in total. The summed E-state index contributed by atoms with van der Waals surface area (Å²) in [6.07, 6.45) is 4.68. The van der Waals surface area contributed by atoms with Crippen molar-refractivity contribution in [1.82, 2.24) is 25.0 Å². The number of morpholine rings is 1. The highest BCUT2D eigenvalue weighted by Gasteiger charge is 2.25. The lowest BCUT2D eigenvalue weighted by Gasteiger charge is -2.29. The lowest BCUT2D eigenvalue weighted by Crippen LogP contribution is -2.36. The zero-order valence-corrected chi connectivity index (χ0v) is 18.2. The highest BCUT2D eigenvalue weighted by Crippen LogP contribution is 2.40. The fraction of sp³-hybridized carbons (Fsp3) is 0.375. The number of phenolic OH excluding ortho intramolecular Hbond substituents is 1. The summed E-state index contributed by atoms with van der Waals surface area (Å²) < 4.78 is 6.99. The Morgan fingerprint density at radius 2 is 1.67 bits per heavy atom. The minimum absolute atomic E-state index is 0.0581. The van der Waals surface area contributed by atoms with Gasteiger partial charge in [-0.25, -0.2) is 4.57 Å². The average molecular weight is 447 g/mol. The molecule has 4 aromatic rings. The Bertz CT molecular complexity index is 1280. The van der Waals surface area contributed by atoms with Gasteiger partial charge in [0.25, 0.3) is 0 Å². The number of anilines is 1. The highest BCUT2D eigenvalue weighted by molar-refractivity contribution is 5.89. The molecule has 3 heterocycles. The third-order valence-corrected chi connectivity index (χ3v) is 6.82. The molecular weight excluding hydrogens is 420 g/mol. The number of hydrogen-bond donors (Lipinski definition) is 3. The van der Waals surface area contributed by atoms with Crippen molar-refractivity contribution in [3.8, 4) is 28.8 Å². The molecule has 170 valence electrons. The maximum Gasteiger partial charge on any atom is 0.319 e.